The zero-order chi connectivity index (χ0) is 5.70. The monoisotopic (exact) mass is 123 g/mol. The third-order valence-electron chi connectivity index (χ3n) is 0.495. The molecule has 2 nitrogen and oxygen atoms in total. The van der Waals surface area contributed by atoms with Crippen LogP contribution >= 0.6 is 0 Å². The molecule has 0 heterocycles. The third-order valence-corrected chi connectivity index (χ3v) is 0.495. The standard InChI is InChI=1S/C5H9NO.Na.H/c1-3-4-6-5(2)7;;/h3H,1,4H2,2H3,(H,6,7);;. The summed E-state index contributed by atoms with van der Waals surface area (Å²) in [5, 5.41) is 2.54. The van der Waals surface area contributed by atoms with Crippen LogP contribution in [-0.4, -0.2) is 42.0 Å². The van der Waals surface area contributed by atoms with E-state index < -0.39 is 0 Å². The molecule has 0 aliphatic carbocycles. The van der Waals surface area contributed by atoms with Gasteiger partial charge in [-0.15, -0.1) is 6.58 Å². The molecule has 0 saturated heterocycles. The first kappa shape index (κ1) is 11.1. The predicted molar refractivity (Wildman–Crippen MR) is 36.0 cm³/mol. The van der Waals surface area contributed by atoms with Gasteiger partial charge in [0.05, 0.1) is 0 Å². The molecule has 0 saturated carbocycles. The van der Waals surface area contributed by atoms with Crippen LogP contribution in [0.1, 0.15) is 6.92 Å². The molecule has 1 amide bonds. The molecule has 0 atom stereocenters. The molecule has 0 aromatic heterocycles. The van der Waals surface area contributed by atoms with E-state index in [1.54, 1.807) is 6.08 Å². The molecule has 1 N–H and O–H groups in total. The summed E-state index contributed by atoms with van der Waals surface area (Å²) in [5.41, 5.74) is 0. The quantitative estimate of drug-likeness (QED) is 0.395. The molecule has 3 heteroatoms. The van der Waals surface area contributed by atoms with Crippen molar-refractivity contribution in [1.82, 2.24) is 5.32 Å². The van der Waals surface area contributed by atoms with Crippen molar-refractivity contribution >= 4 is 35.5 Å². The Morgan fingerprint density at radius 2 is 2.38 bits per heavy atom. The van der Waals surface area contributed by atoms with Crippen LogP contribution in [0.4, 0.5) is 0 Å². The molecule has 0 radical (unpaired) electrons. The number of hydrogen-bond donors (Lipinski definition) is 1. The number of hydrogen-bond acceptors (Lipinski definition) is 1. The van der Waals surface area contributed by atoms with E-state index in [-0.39, 0.29) is 35.5 Å². The van der Waals surface area contributed by atoms with Crippen LogP contribution in [0.3, 0.4) is 0 Å². The van der Waals surface area contributed by atoms with Crippen molar-refractivity contribution < 1.29 is 4.79 Å². The van der Waals surface area contributed by atoms with Crippen LogP contribution in [0.2, 0.25) is 0 Å². The Balaban J connectivity index is 0. The molecule has 0 unspecified atom stereocenters. The van der Waals surface area contributed by atoms with Crippen LogP contribution in [0.25, 0.3) is 0 Å². The van der Waals surface area contributed by atoms with Crippen molar-refractivity contribution in [1.29, 1.82) is 0 Å². The summed E-state index contributed by atoms with van der Waals surface area (Å²) in [5.74, 6) is -0.0140. The molecule has 0 bridgehead atoms. The maximum atomic E-state index is 10.0. The molecule has 0 aliphatic rings. The van der Waals surface area contributed by atoms with E-state index in [4.69, 9.17) is 0 Å². The van der Waals surface area contributed by atoms with Gasteiger partial charge in [-0.2, -0.15) is 0 Å². The van der Waals surface area contributed by atoms with Gasteiger partial charge in [0, 0.05) is 13.5 Å². The van der Waals surface area contributed by atoms with Gasteiger partial charge in [0.15, 0.2) is 0 Å². The molecular formula is C5H10NNaO. The van der Waals surface area contributed by atoms with E-state index in [0.717, 1.165) is 0 Å². The maximum absolute atomic E-state index is 10.0. The molecule has 42 valence electrons. The first-order valence-corrected chi connectivity index (χ1v) is 2.12. The fourth-order valence-electron chi connectivity index (χ4n) is 0.216. The van der Waals surface area contributed by atoms with E-state index in [2.05, 4.69) is 11.9 Å². The van der Waals surface area contributed by atoms with Crippen molar-refractivity contribution in [2.24, 2.45) is 0 Å². The molecule has 0 aromatic carbocycles. The topological polar surface area (TPSA) is 29.1 Å². The molecule has 0 spiro atoms. The molecule has 0 rings (SSSR count). The zero-order valence-electron chi connectivity index (χ0n) is 4.40. The minimum absolute atomic E-state index is 0. The number of carbonyl (C=O) groups excluding carboxylic acids is 1. The molecule has 0 fully saturated rings. The van der Waals surface area contributed by atoms with Crippen molar-refractivity contribution in [3.05, 3.63) is 12.7 Å². The van der Waals surface area contributed by atoms with Crippen LogP contribution in [0.15, 0.2) is 12.7 Å². The fraction of sp³-hybridized carbons (Fsp3) is 0.400. The Hall–Kier alpha value is 0.210. The zero-order valence-corrected chi connectivity index (χ0v) is 4.40. The second-order valence-electron chi connectivity index (χ2n) is 1.23. The molecule has 0 aromatic rings. The van der Waals surface area contributed by atoms with E-state index in [9.17, 15) is 4.79 Å². The van der Waals surface area contributed by atoms with Crippen molar-refractivity contribution in [2.45, 2.75) is 6.92 Å². The third kappa shape index (κ3) is 9.51. The Bertz CT molecular complexity index is 82.5. The van der Waals surface area contributed by atoms with Gasteiger partial charge in [-0.25, -0.2) is 0 Å². The number of carbonyl (C=O) groups is 1. The molecule has 0 aliphatic heterocycles. The average molecular weight is 123 g/mol. The van der Waals surface area contributed by atoms with Crippen LogP contribution < -0.4 is 5.32 Å². The van der Waals surface area contributed by atoms with E-state index >= 15 is 0 Å². The summed E-state index contributed by atoms with van der Waals surface area (Å²) in [7, 11) is 0. The number of amides is 1. The van der Waals surface area contributed by atoms with Gasteiger partial charge in [0.2, 0.25) is 5.91 Å². The van der Waals surface area contributed by atoms with Crippen molar-refractivity contribution in [3.8, 4) is 0 Å². The Morgan fingerprint density at radius 3 is 2.50 bits per heavy atom. The van der Waals surface area contributed by atoms with Crippen molar-refractivity contribution in [2.75, 3.05) is 6.54 Å². The Morgan fingerprint density at radius 1 is 1.88 bits per heavy atom. The van der Waals surface area contributed by atoms with Gasteiger partial charge in [0.1, 0.15) is 0 Å². The van der Waals surface area contributed by atoms with Gasteiger partial charge in [-0.1, -0.05) is 6.08 Å². The summed E-state index contributed by atoms with van der Waals surface area (Å²) < 4.78 is 0. The summed E-state index contributed by atoms with van der Waals surface area (Å²) in [4.78, 5) is 10.0. The molecule has 8 heavy (non-hydrogen) atoms. The Labute approximate surface area is 71.6 Å². The van der Waals surface area contributed by atoms with Gasteiger partial charge in [-0.05, 0) is 0 Å². The second-order valence-corrected chi connectivity index (χ2v) is 1.23. The van der Waals surface area contributed by atoms with E-state index in [1.807, 2.05) is 0 Å². The van der Waals surface area contributed by atoms with E-state index in [1.165, 1.54) is 6.92 Å². The summed E-state index contributed by atoms with van der Waals surface area (Å²) in [6.45, 7) is 5.46. The van der Waals surface area contributed by atoms with Gasteiger partial charge in [-0.3, -0.25) is 4.79 Å². The van der Waals surface area contributed by atoms with Crippen LogP contribution in [0, 0.1) is 0 Å². The number of rotatable bonds is 2. The number of nitrogens with one attached hydrogen (secondary N) is 1. The summed E-state index contributed by atoms with van der Waals surface area (Å²) >= 11 is 0. The van der Waals surface area contributed by atoms with E-state index in [0.29, 0.717) is 6.54 Å². The normalized spacial score (nSPS) is 6.62. The SMILES string of the molecule is C=CCNC(C)=O.[NaH]. The summed E-state index contributed by atoms with van der Waals surface area (Å²) in [6, 6.07) is 0. The Kier molecular flexibility index (Phi) is 9.97. The van der Waals surface area contributed by atoms with Gasteiger partial charge < -0.3 is 5.32 Å². The first-order chi connectivity index (χ1) is 3.27. The van der Waals surface area contributed by atoms with Gasteiger partial charge >= 0.3 is 29.6 Å². The van der Waals surface area contributed by atoms with Crippen LogP contribution in [0.5, 0.6) is 0 Å². The van der Waals surface area contributed by atoms with Crippen molar-refractivity contribution in [3.63, 3.8) is 0 Å². The first-order valence-electron chi connectivity index (χ1n) is 2.12. The van der Waals surface area contributed by atoms with Crippen LogP contribution in [-0.2, 0) is 4.79 Å². The average Bonchev–Trinajstić information content (AvgIpc) is 1.61. The summed E-state index contributed by atoms with van der Waals surface area (Å²) in [6.07, 6.45) is 1.64. The molecular weight excluding hydrogens is 113 g/mol. The minimum atomic E-state index is -0.0140. The predicted octanol–water partition coefficient (Wildman–Crippen LogP) is -0.340. The second kappa shape index (κ2) is 7.21. The van der Waals surface area contributed by atoms with Gasteiger partial charge in [0.25, 0.3) is 0 Å². The fourth-order valence-corrected chi connectivity index (χ4v) is 0.216.